The van der Waals surface area contributed by atoms with Crippen molar-refractivity contribution in [2.45, 2.75) is 70.2 Å². The molecule has 4 aliphatic heterocycles. The first-order valence-corrected chi connectivity index (χ1v) is 11.7. The minimum Gasteiger partial charge on any atom is -0.372 e. The van der Waals surface area contributed by atoms with Crippen molar-refractivity contribution in [1.82, 2.24) is 19.7 Å². The first kappa shape index (κ1) is 20.1. The Labute approximate surface area is 178 Å². The van der Waals surface area contributed by atoms with Crippen LogP contribution in [0.4, 0.5) is 4.79 Å². The number of morpholine rings is 1. The quantitative estimate of drug-likeness (QED) is 0.750. The van der Waals surface area contributed by atoms with E-state index in [9.17, 15) is 9.59 Å². The summed E-state index contributed by atoms with van der Waals surface area (Å²) in [7, 11) is 0. The van der Waals surface area contributed by atoms with Crippen LogP contribution in [0.2, 0.25) is 0 Å². The number of nitrogens with zero attached hydrogens (tertiary/aromatic N) is 3. The largest absolute Gasteiger partial charge is 0.372 e. The smallest absolute Gasteiger partial charge is 0.317 e. The van der Waals surface area contributed by atoms with Crippen molar-refractivity contribution in [1.29, 1.82) is 0 Å². The summed E-state index contributed by atoms with van der Waals surface area (Å²) in [4.78, 5) is 30.2. The zero-order valence-electron chi connectivity index (χ0n) is 18.0. The van der Waals surface area contributed by atoms with Crippen molar-refractivity contribution in [3.8, 4) is 0 Å². The Hall–Kier alpha value is -1.86. The van der Waals surface area contributed by atoms with Gasteiger partial charge in [0.15, 0.2) is 0 Å². The fraction of sp³-hybridized carbons (Fsp3) is 0.739. The summed E-state index contributed by atoms with van der Waals surface area (Å²) in [6, 6.07) is 4.23. The van der Waals surface area contributed by atoms with Crippen LogP contribution in [-0.2, 0) is 17.8 Å². The van der Waals surface area contributed by atoms with Gasteiger partial charge in [-0.15, -0.1) is 0 Å². The van der Waals surface area contributed by atoms with Crippen LogP contribution in [-0.4, -0.2) is 65.3 Å². The number of hydrogen-bond donors (Lipinski definition) is 1. The summed E-state index contributed by atoms with van der Waals surface area (Å²) in [5.74, 6) is 0.621. The van der Waals surface area contributed by atoms with Crippen molar-refractivity contribution in [3.05, 3.63) is 33.7 Å². The van der Waals surface area contributed by atoms with Crippen LogP contribution < -0.4 is 10.9 Å². The van der Waals surface area contributed by atoms with Crippen molar-refractivity contribution < 1.29 is 9.53 Å². The van der Waals surface area contributed by atoms with Gasteiger partial charge in [0.1, 0.15) is 0 Å². The first-order valence-electron chi connectivity index (χ1n) is 11.7. The number of urea groups is 1. The van der Waals surface area contributed by atoms with E-state index in [0.29, 0.717) is 24.7 Å². The summed E-state index contributed by atoms with van der Waals surface area (Å²) in [6.07, 6.45) is 6.15. The predicted octanol–water partition coefficient (Wildman–Crippen LogP) is 2.14. The number of rotatable bonds is 5. The second-order valence-electron chi connectivity index (χ2n) is 9.64. The lowest BCUT2D eigenvalue weighted by Crippen LogP contribution is -2.52. The van der Waals surface area contributed by atoms with Crippen molar-refractivity contribution in [2.24, 2.45) is 5.92 Å². The Morgan fingerprint density at radius 1 is 1.13 bits per heavy atom. The lowest BCUT2D eigenvalue weighted by molar-refractivity contribution is -0.0412. The molecule has 0 radical (unpaired) electrons. The number of nitrogens with one attached hydrogen (secondary N) is 1. The molecule has 4 aliphatic rings. The van der Waals surface area contributed by atoms with Crippen LogP contribution >= 0.6 is 0 Å². The number of pyridine rings is 1. The number of ether oxygens (including phenoxy) is 1. The molecule has 5 rings (SSSR count). The summed E-state index contributed by atoms with van der Waals surface area (Å²) in [5.41, 5.74) is 2.17. The van der Waals surface area contributed by atoms with Crippen LogP contribution in [0.1, 0.15) is 56.2 Å². The molecule has 5 heterocycles. The molecule has 30 heavy (non-hydrogen) atoms. The van der Waals surface area contributed by atoms with Gasteiger partial charge in [0.2, 0.25) is 0 Å². The summed E-state index contributed by atoms with van der Waals surface area (Å²) < 4.78 is 7.94. The highest BCUT2D eigenvalue weighted by Crippen LogP contribution is 2.35. The number of unbranched alkanes of at least 4 members (excludes halogenated alkanes) is 1. The molecular formula is C23H34N4O3. The molecule has 3 fully saturated rings. The number of amides is 2. The summed E-state index contributed by atoms with van der Waals surface area (Å²) >= 11 is 0. The van der Waals surface area contributed by atoms with Crippen LogP contribution in [0, 0.1) is 5.92 Å². The van der Waals surface area contributed by atoms with Crippen LogP contribution in [0.3, 0.4) is 0 Å². The molecule has 0 spiro atoms. The normalized spacial score (nSPS) is 30.2. The Morgan fingerprint density at radius 3 is 2.70 bits per heavy atom. The highest BCUT2D eigenvalue weighted by molar-refractivity contribution is 5.74. The molecule has 0 unspecified atom stereocenters. The molecule has 1 aromatic rings. The number of piperidine rings is 1. The first-order chi connectivity index (χ1) is 14.6. The van der Waals surface area contributed by atoms with Gasteiger partial charge in [-0.2, -0.15) is 0 Å². The van der Waals surface area contributed by atoms with Crippen LogP contribution in [0.15, 0.2) is 16.9 Å². The lowest BCUT2D eigenvalue weighted by Gasteiger charge is -2.43. The molecule has 4 atom stereocenters. The van der Waals surface area contributed by atoms with E-state index < -0.39 is 0 Å². The number of hydrogen-bond acceptors (Lipinski definition) is 4. The fourth-order valence-electron chi connectivity index (χ4n) is 5.83. The predicted molar refractivity (Wildman–Crippen MR) is 115 cm³/mol. The van der Waals surface area contributed by atoms with E-state index in [-0.39, 0.29) is 17.5 Å². The Bertz CT molecular complexity index is 841. The monoisotopic (exact) mass is 414 g/mol. The maximum absolute atomic E-state index is 13.3. The van der Waals surface area contributed by atoms with Crippen LogP contribution in [0.5, 0.6) is 0 Å². The Morgan fingerprint density at radius 2 is 1.93 bits per heavy atom. The molecule has 0 aromatic carbocycles. The highest BCUT2D eigenvalue weighted by Gasteiger charge is 2.37. The molecule has 3 saturated heterocycles. The van der Waals surface area contributed by atoms with E-state index in [2.05, 4.69) is 23.2 Å². The molecule has 0 saturated carbocycles. The fourth-order valence-corrected chi connectivity index (χ4v) is 5.83. The van der Waals surface area contributed by atoms with E-state index in [0.717, 1.165) is 82.6 Å². The van der Waals surface area contributed by atoms with E-state index in [1.165, 1.54) is 0 Å². The Kier molecular flexibility index (Phi) is 5.58. The zero-order chi connectivity index (χ0) is 20.7. The number of fused-ring (bicyclic) bond motifs is 6. The standard InChI is InChI=1S/C23H34N4O3/c1-2-3-8-24-23(29)26-10-16-9-18(13-26)21-7-4-17(22(28)27(21)11-16)12-25-14-19-5-6-20(15-25)30-19/h4,7,16,18-20H,2-3,5-6,8-15H2,1H3,(H,24,29)/t16-,18+,19-,20+/m0/s1. The molecule has 0 aliphatic carbocycles. The topological polar surface area (TPSA) is 66.8 Å². The molecule has 1 aromatic heterocycles. The summed E-state index contributed by atoms with van der Waals surface area (Å²) in [6.45, 7) is 7.64. The van der Waals surface area contributed by atoms with Crippen LogP contribution in [0.25, 0.3) is 0 Å². The van der Waals surface area contributed by atoms with Gasteiger partial charge in [-0.1, -0.05) is 19.4 Å². The van der Waals surface area contributed by atoms with Gasteiger partial charge in [0.05, 0.1) is 12.2 Å². The lowest BCUT2D eigenvalue weighted by atomic mass is 9.83. The minimum absolute atomic E-state index is 0.0486. The van der Waals surface area contributed by atoms with E-state index in [4.69, 9.17) is 4.74 Å². The third-order valence-corrected chi connectivity index (χ3v) is 7.29. The van der Waals surface area contributed by atoms with Crippen molar-refractivity contribution >= 4 is 6.03 Å². The number of carbonyl (C=O) groups is 1. The van der Waals surface area contributed by atoms with Gasteiger partial charge < -0.3 is 19.5 Å². The SMILES string of the molecule is CCCCNC(=O)N1C[C@@H]2C[C@H](C1)c1ccc(CN3C[C@H]4CC[C@@H](C3)O4)c(=O)n1C2. The van der Waals surface area contributed by atoms with Gasteiger partial charge in [-0.25, -0.2) is 4.79 Å². The minimum atomic E-state index is 0.0486. The van der Waals surface area contributed by atoms with Crippen molar-refractivity contribution in [3.63, 3.8) is 0 Å². The maximum atomic E-state index is 13.3. The number of aromatic nitrogens is 1. The second kappa shape index (κ2) is 8.35. The maximum Gasteiger partial charge on any atom is 0.317 e. The van der Waals surface area contributed by atoms with Crippen molar-refractivity contribution in [2.75, 3.05) is 32.7 Å². The van der Waals surface area contributed by atoms with E-state index >= 15 is 0 Å². The molecule has 7 heteroatoms. The third-order valence-electron chi connectivity index (χ3n) is 7.29. The van der Waals surface area contributed by atoms with E-state index in [1.807, 2.05) is 15.5 Å². The molecule has 164 valence electrons. The third kappa shape index (κ3) is 3.89. The highest BCUT2D eigenvalue weighted by atomic mass is 16.5. The van der Waals surface area contributed by atoms with Gasteiger partial charge >= 0.3 is 6.03 Å². The van der Waals surface area contributed by atoms with Gasteiger partial charge in [0, 0.05) is 63.0 Å². The molecular weight excluding hydrogens is 380 g/mol. The zero-order valence-corrected chi connectivity index (χ0v) is 18.0. The number of likely N-dealkylation sites (tertiary alicyclic amines) is 2. The average Bonchev–Trinajstić information content (AvgIpc) is 3.08. The molecule has 7 nitrogen and oxygen atoms in total. The second-order valence-corrected chi connectivity index (χ2v) is 9.64. The van der Waals surface area contributed by atoms with Gasteiger partial charge in [-0.05, 0) is 37.7 Å². The summed E-state index contributed by atoms with van der Waals surface area (Å²) in [5, 5.41) is 3.05. The molecule has 1 N–H and O–H groups in total. The van der Waals surface area contributed by atoms with Gasteiger partial charge in [-0.3, -0.25) is 9.69 Å². The van der Waals surface area contributed by atoms with E-state index in [1.54, 1.807) is 0 Å². The Balaban J connectivity index is 1.29. The number of carbonyl (C=O) groups excluding carboxylic acids is 1. The molecule has 4 bridgehead atoms. The van der Waals surface area contributed by atoms with Gasteiger partial charge in [0.25, 0.3) is 5.56 Å². The average molecular weight is 415 g/mol. The molecule has 2 amide bonds.